The molecule has 0 aromatic heterocycles. The monoisotopic (exact) mass is 869 g/mol. The van der Waals surface area contributed by atoms with Crippen LogP contribution in [0.25, 0.3) is 0 Å². The molecule has 4 aliphatic heterocycles. The minimum atomic E-state index is -5.20. The van der Waals surface area contributed by atoms with Crippen LogP contribution in [-0.2, 0) is 62.1 Å². The van der Waals surface area contributed by atoms with E-state index in [0.717, 1.165) is 20.8 Å². The van der Waals surface area contributed by atoms with Gasteiger partial charge in [-0.1, -0.05) is 0 Å². The summed E-state index contributed by atoms with van der Waals surface area (Å²) in [7, 11) is -5.20. The molecule has 0 bridgehead atoms. The van der Waals surface area contributed by atoms with Gasteiger partial charge in [-0.3, -0.25) is 18.9 Å². The van der Waals surface area contributed by atoms with E-state index in [-0.39, 0.29) is 0 Å². The van der Waals surface area contributed by atoms with E-state index in [1.54, 1.807) is 0 Å². The van der Waals surface area contributed by atoms with E-state index in [9.17, 15) is 78.4 Å². The number of nitrogens with one attached hydrogen (secondary N) is 3. The molecule has 4 aliphatic rings. The van der Waals surface area contributed by atoms with Gasteiger partial charge in [-0.2, -0.15) is 8.42 Å². The van der Waals surface area contributed by atoms with Gasteiger partial charge in [-0.15, -0.1) is 0 Å². The summed E-state index contributed by atoms with van der Waals surface area (Å²) >= 11 is 0. The molecule has 4 fully saturated rings. The number of rotatable bonds is 15. The largest absolute Gasteiger partial charge is 0.397 e. The normalized spacial score (nSPS) is 43.6. The highest BCUT2D eigenvalue weighted by Crippen LogP contribution is 2.33. The molecule has 58 heavy (non-hydrogen) atoms. The fraction of sp³-hybridized carbons (Fsp3) is 0.900. The van der Waals surface area contributed by atoms with E-state index < -0.39 is 177 Å². The molecular formula is C30H51N3O24S. The maximum absolute atomic E-state index is 12.3. The highest BCUT2D eigenvalue weighted by molar-refractivity contribution is 7.80. The maximum atomic E-state index is 12.3. The van der Waals surface area contributed by atoms with Crippen LogP contribution in [0.5, 0.6) is 0 Å². The van der Waals surface area contributed by atoms with Crippen molar-refractivity contribution in [2.24, 2.45) is 0 Å². The zero-order valence-electron chi connectivity index (χ0n) is 31.0. The van der Waals surface area contributed by atoms with Gasteiger partial charge in [-0.25, -0.2) is 4.18 Å². The summed E-state index contributed by atoms with van der Waals surface area (Å²) in [6.07, 6.45) is -31.0. The second-order valence-electron chi connectivity index (χ2n) is 13.9. The summed E-state index contributed by atoms with van der Waals surface area (Å²) in [4.78, 5) is 36.4. The second-order valence-corrected chi connectivity index (χ2v) is 15.0. The van der Waals surface area contributed by atoms with Crippen LogP contribution < -0.4 is 16.0 Å². The van der Waals surface area contributed by atoms with E-state index in [1.807, 2.05) is 0 Å². The van der Waals surface area contributed by atoms with Crippen molar-refractivity contribution in [3.63, 3.8) is 0 Å². The molecule has 20 atom stereocenters. The van der Waals surface area contributed by atoms with Gasteiger partial charge in [0.1, 0.15) is 97.5 Å². The number of amides is 3. The van der Waals surface area contributed by atoms with Crippen LogP contribution in [0, 0.1) is 0 Å². The van der Waals surface area contributed by atoms with E-state index >= 15 is 0 Å². The number of ether oxygens (including phenoxy) is 7. The van der Waals surface area contributed by atoms with Crippen LogP contribution in [0.15, 0.2) is 0 Å². The molecule has 3 amide bonds. The number of hydrogen-bond acceptors (Lipinski definition) is 23. The molecule has 4 rings (SSSR count). The van der Waals surface area contributed by atoms with Crippen LogP contribution in [-0.4, -0.2) is 231 Å². The van der Waals surface area contributed by atoms with Crippen molar-refractivity contribution >= 4 is 28.1 Å². The molecular weight excluding hydrogens is 818 g/mol. The maximum Gasteiger partial charge on any atom is 0.397 e. The number of aliphatic hydroxyl groups is 10. The number of carbonyl (C=O) groups is 3. The molecule has 0 aromatic rings. The standard InChI is InChI=1S/C30H51N3O24S/c1-8(36)31-15-21(42)18(39)11(4-34)53-29(15)57-26-17(33-10(3)38)27(46)52-13(20(26)41)6-50-28-16(32-9(2)37)22(43)25(14(55-28)7-51-58(47,48)49)56-30-24(45)23(44)19(40)12(5-35)54-30/h11-30,34-35,39-46H,4-7H2,1-3H3,(H,31,36)(H,32,37)(H,33,38)(H,47,48,49)/t11-,12-,13-,14-,15-,16-,17-,18-,19+,20+,21-,22-,23+,24-,25-,26-,27-,28?,29?,30?/m1/s1. The lowest BCUT2D eigenvalue weighted by Gasteiger charge is -2.48. The summed E-state index contributed by atoms with van der Waals surface area (Å²) in [6.45, 7) is -0.587. The Balaban J connectivity index is 1.60. The lowest BCUT2D eigenvalue weighted by atomic mass is 9.94. The van der Waals surface area contributed by atoms with Gasteiger partial charge >= 0.3 is 10.4 Å². The molecule has 336 valence electrons. The molecule has 0 saturated carbocycles. The first-order valence-corrected chi connectivity index (χ1v) is 19.1. The predicted molar refractivity (Wildman–Crippen MR) is 179 cm³/mol. The second kappa shape index (κ2) is 20.4. The fourth-order valence-electron chi connectivity index (χ4n) is 6.79. The molecule has 4 heterocycles. The SMILES string of the molecule is CC(=O)N[C@@H]1[C@@H](OC2O[C@H](CO)[C@@H](O)[C@H](O)[C@H]2NC(C)=O)[C@@H](O)[C@@H](COC2O[C@H](COS(=O)(=O)O)[C@@H](OC3O[C@H](CO)[C@H](O)[C@H](O)[C@H]3O)[C@H](O)[C@H]2NC(C)=O)O[C@H]1O. The first-order chi connectivity index (χ1) is 27.1. The Labute approximate surface area is 329 Å². The quantitative estimate of drug-likeness (QED) is 0.0679. The Bertz CT molecular complexity index is 1500. The summed E-state index contributed by atoms with van der Waals surface area (Å²) in [5.41, 5.74) is 0. The van der Waals surface area contributed by atoms with Crippen molar-refractivity contribution in [2.75, 3.05) is 26.4 Å². The third kappa shape index (κ3) is 11.7. The molecule has 28 heteroatoms. The highest BCUT2D eigenvalue weighted by Gasteiger charge is 2.54. The topological polar surface area (TPSA) is 418 Å². The average molecular weight is 870 g/mol. The summed E-state index contributed by atoms with van der Waals surface area (Å²) < 4.78 is 76.2. The van der Waals surface area contributed by atoms with Crippen LogP contribution >= 0.6 is 0 Å². The van der Waals surface area contributed by atoms with Crippen LogP contribution in [0.3, 0.4) is 0 Å². The lowest BCUT2D eigenvalue weighted by Crippen LogP contribution is -2.70. The van der Waals surface area contributed by atoms with Crippen LogP contribution in [0.2, 0.25) is 0 Å². The van der Waals surface area contributed by atoms with Gasteiger partial charge in [0.15, 0.2) is 25.2 Å². The predicted octanol–water partition coefficient (Wildman–Crippen LogP) is -9.49. The van der Waals surface area contributed by atoms with Gasteiger partial charge in [0.25, 0.3) is 0 Å². The Morgan fingerprint density at radius 2 is 1.02 bits per heavy atom. The van der Waals surface area contributed by atoms with Crippen molar-refractivity contribution in [3.8, 4) is 0 Å². The average Bonchev–Trinajstić information content (AvgIpc) is 3.14. The summed E-state index contributed by atoms with van der Waals surface area (Å²) in [6, 6.07) is -4.81. The van der Waals surface area contributed by atoms with E-state index in [1.165, 1.54) is 0 Å². The molecule has 14 N–H and O–H groups in total. The first kappa shape index (κ1) is 48.3. The van der Waals surface area contributed by atoms with Crippen molar-refractivity contribution in [3.05, 3.63) is 0 Å². The number of hydrogen-bond donors (Lipinski definition) is 14. The lowest BCUT2D eigenvalue weighted by molar-refractivity contribution is -0.353. The third-order valence-corrected chi connectivity index (χ3v) is 10.0. The Kier molecular flexibility index (Phi) is 17.0. The van der Waals surface area contributed by atoms with E-state index in [2.05, 4.69) is 20.1 Å². The molecule has 3 unspecified atom stereocenters. The van der Waals surface area contributed by atoms with Gasteiger partial charge < -0.3 is 100 Å². The molecule has 0 radical (unpaired) electrons. The molecule has 4 saturated heterocycles. The number of aliphatic hydroxyl groups excluding tert-OH is 10. The van der Waals surface area contributed by atoms with Crippen molar-refractivity contribution in [1.82, 2.24) is 16.0 Å². The minimum absolute atomic E-state index is 0.724. The van der Waals surface area contributed by atoms with Crippen LogP contribution in [0.4, 0.5) is 0 Å². The fourth-order valence-corrected chi connectivity index (χ4v) is 7.10. The highest BCUT2D eigenvalue weighted by atomic mass is 32.3. The molecule has 0 aromatic carbocycles. The molecule has 27 nitrogen and oxygen atoms in total. The van der Waals surface area contributed by atoms with Crippen molar-refractivity contribution in [1.29, 1.82) is 0 Å². The Hall–Kier alpha value is -2.40. The van der Waals surface area contributed by atoms with Gasteiger partial charge in [0, 0.05) is 20.8 Å². The Morgan fingerprint density at radius 1 is 0.534 bits per heavy atom. The summed E-state index contributed by atoms with van der Waals surface area (Å²) in [5, 5.41) is 112. The van der Waals surface area contributed by atoms with Gasteiger partial charge in [0.05, 0.1) is 26.4 Å². The van der Waals surface area contributed by atoms with Crippen molar-refractivity contribution < 1.29 is 116 Å². The van der Waals surface area contributed by atoms with E-state index in [0.29, 0.717) is 0 Å². The number of carbonyl (C=O) groups excluding carboxylic acids is 3. The third-order valence-electron chi connectivity index (χ3n) is 9.59. The smallest absolute Gasteiger partial charge is 0.394 e. The summed E-state index contributed by atoms with van der Waals surface area (Å²) in [5.74, 6) is -2.29. The van der Waals surface area contributed by atoms with Crippen LogP contribution in [0.1, 0.15) is 20.8 Å². The minimum Gasteiger partial charge on any atom is -0.394 e. The zero-order valence-corrected chi connectivity index (χ0v) is 31.8. The Morgan fingerprint density at radius 3 is 1.55 bits per heavy atom. The zero-order chi connectivity index (χ0) is 43.4. The first-order valence-electron chi connectivity index (χ1n) is 17.7. The van der Waals surface area contributed by atoms with Crippen molar-refractivity contribution in [2.45, 2.75) is 143 Å². The van der Waals surface area contributed by atoms with E-state index in [4.69, 9.17) is 33.2 Å². The van der Waals surface area contributed by atoms with Gasteiger partial charge in [-0.05, 0) is 0 Å². The molecule has 0 aliphatic carbocycles. The molecule has 0 spiro atoms. The van der Waals surface area contributed by atoms with Gasteiger partial charge in [0.2, 0.25) is 17.7 Å².